The third kappa shape index (κ3) is 2.63. The van der Waals surface area contributed by atoms with E-state index in [2.05, 4.69) is 6.58 Å². The van der Waals surface area contributed by atoms with Crippen molar-refractivity contribution in [2.24, 2.45) is 5.92 Å². The van der Waals surface area contributed by atoms with E-state index in [-0.39, 0.29) is 11.6 Å². The summed E-state index contributed by atoms with van der Waals surface area (Å²) in [5.41, 5.74) is 0.685. The van der Waals surface area contributed by atoms with Gasteiger partial charge in [-0.15, -0.1) is 6.58 Å². The third-order valence-corrected chi connectivity index (χ3v) is 2.32. The average molecular weight is 207 g/mol. The molecule has 1 aromatic carbocycles. The summed E-state index contributed by atoms with van der Waals surface area (Å²) in [5.74, 6) is -0.0774. The van der Waals surface area contributed by atoms with Gasteiger partial charge in [0.25, 0.3) is 5.69 Å². The number of nitrogens with zero attached hydrogens (tertiary/aromatic N) is 1. The van der Waals surface area contributed by atoms with Gasteiger partial charge in [-0.1, -0.05) is 13.0 Å². The highest BCUT2D eigenvalue weighted by molar-refractivity contribution is 5.34. The van der Waals surface area contributed by atoms with Crippen LogP contribution in [0.1, 0.15) is 18.6 Å². The molecule has 0 fully saturated rings. The van der Waals surface area contributed by atoms with Crippen molar-refractivity contribution in [2.45, 2.75) is 13.0 Å². The summed E-state index contributed by atoms with van der Waals surface area (Å²) in [6.07, 6.45) is 0.981. The van der Waals surface area contributed by atoms with Crippen molar-refractivity contribution in [3.05, 3.63) is 52.6 Å². The Morgan fingerprint density at radius 2 is 2.00 bits per heavy atom. The molecule has 0 bridgehead atoms. The Balaban J connectivity index is 2.88. The van der Waals surface area contributed by atoms with E-state index in [0.29, 0.717) is 5.56 Å². The number of aliphatic hydroxyl groups is 1. The first-order chi connectivity index (χ1) is 7.06. The SMILES string of the molecule is C=C[C@H](C)[C@@H](O)c1ccc([N+](=O)[O-])cc1. The number of hydrogen-bond acceptors (Lipinski definition) is 3. The highest BCUT2D eigenvalue weighted by Gasteiger charge is 2.14. The van der Waals surface area contributed by atoms with Crippen LogP contribution in [0, 0.1) is 16.0 Å². The van der Waals surface area contributed by atoms with E-state index >= 15 is 0 Å². The molecule has 1 rings (SSSR count). The van der Waals surface area contributed by atoms with Crippen LogP contribution in [-0.4, -0.2) is 10.0 Å². The van der Waals surface area contributed by atoms with Crippen LogP contribution in [0.3, 0.4) is 0 Å². The highest BCUT2D eigenvalue weighted by atomic mass is 16.6. The molecule has 0 saturated heterocycles. The molecule has 0 unspecified atom stereocenters. The summed E-state index contributed by atoms with van der Waals surface area (Å²) < 4.78 is 0. The second-order valence-electron chi connectivity index (χ2n) is 3.39. The average Bonchev–Trinajstić information content (AvgIpc) is 2.27. The maximum atomic E-state index is 10.4. The molecule has 4 heteroatoms. The van der Waals surface area contributed by atoms with Crippen LogP contribution in [0.5, 0.6) is 0 Å². The minimum Gasteiger partial charge on any atom is -0.388 e. The largest absolute Gasteiger partial charge is 0.388 e. The Bertz CT molecular complexity index is 359. The van der Waals surface area contributed by atoms with Crippen LogP contribution in [-0.2, 0) is 0 Å². The standard InChI is InChI=1S/C11H13NO3/c1-3-8(2)11(13)9-4-6-10(7-5-9)12(14)15/h3-8,11,13H,1H2,2H3/t8-,11+/m0/s1. The fourth-order valence-corrected chi connectivity index (χ4v) is 1.23. The van der Waals surface area contributed by atoms with E-state index < -0.39 is 11.0 Å². The molecule has 0 aromatic heterocycles. The van der Waals surface area contributed by atoms with Gasteiger partial charge < -0.3 is 5.11 Å². The number of nitro groups is 1. The molecule has 0 aliphatic rings. The molecule has 2 atom stereocenters. The van der Waals surface area contributed by atoms with Gasteiger partial charge in [0.15, 0.2) is 0 Å². The molecular formula is C11H13NO3. The fourth-order valence-electron chi connectivity index (χ4n) is 1.23. The Kier molecular flexibility index (Phi) is 3.57. The maximum Gasteiger partial charge on any atom is 0.269 e. The molecule has 0 aliphatic heterocycles. The number of hydrogen-bond donors (Lipinski definition) is 1. The van der Waals surface area contributed by atoms with Crippen molar-refractivity contribution >= 4 is 5.69 Å². The Hall–Kier alpha value is -1.68. The first-order valence-corrected chi connectivity index (χ1v) is 4.61. The van der Waals surface area contributed by atoms with Gasteiger partial charge in [-0.25, -0.2) is 0 Å². The summed E-state index contributed by atoms with van der Waals surface area (Å²) in [4.78, 5) is 9.93. The zero-order valence-corrected chi connectivity index (χ0v) is 8.46. The first-order valence-electron chi connectivity index (χ1n) is 4.61. The van der Waals surface area contributed by atoms with Gasteiger partial charge in [0.05, 0.1) is 11.0 Å². The Morgan fingerprint density at radius 1 is 1.47 bits per heavy atom. The van der Waals surface area contributed by atoms with Crippen LogP contribution in [0.25, 0.3) is 0 Å². The van der Waals surface area contributed by atoms with Crippen LogP contribution in [0.4, 0.5) is 5.69 Å². The normalized spacial score (nSPS) is 14.3. The Labute approximate surface area is 88.0 Å². The summed E-state index contributed by atoms with van der Waals surface area (Å²) in [6, 6.07) is 5.88. The zero-order chi connectivity index (χ0) is 11.4. The molecule has 1 aromatic rings. The number of non-ortho nitro benzene ring substituents is 1. The second-order valence-corrected chi connectivity index (χ2v) is 3.39. The maximum absolute atomic E-state index is 10.4. The van der Waals surface area contributed by atoms with Crippen molar-refractivity contribution in [1.29, 1.82) is 0 Å². The van der Waals surface area contributed by atoms with E-state index in [9.17, 15) is 15.2 Å². The number of aliphatic hydroxyl groups excluding tert-OH is 1. The summed E-state index contributed by atoms with van der Waals surface area (Å²) >= 11 is 0. The lowest BCUT2D eigenvalue weighted by Gasteiger charge is -2.14. The topological polar surface area (TPSA) is 63.4 Å². The van der Waals surface area contributed by atoms with Crippen LogP contribution >= 0.6 is 0 Å². The van der Waals surface area contributed by atoms with Crippen molar-refractivity contribution in [1.82, 2.24) is 0 Å². The molecule has 0 aliphatic carbocycles. The van der Waals surface area contributed by atoms with Gasteiger partial charge >= 0.3 is 0 Å². The minimum atomic E-state index is -0.664. The molecule has 0 heterocycles. The van der Waals surface area contributed by atoms with Crippen molar-refractivity contribution in [2.75, 3.05) is 0 Å². The quantitative estimate of drug-likeness (QED) is 0.468. The molecule has 0 radical (unpaired) electrons. The lowest BCUT2D eigenvalue weighted by molar-refractivity contribution is -0.384. The van der Waals surface area contributed by atoms with Crippen LogP contribution in [0.2, 0.25) is 0 Å². The molecular weight excluding hydrogens is 194 g/mol. The first kappa shape index (κ1) is 11.4. The number of rotatable bonds is 4. The molecule has 1 N–H and O–H groups in total. The van der Waals surface area contributed by atoms with E-state index in [4.69, 9.17) is 0 Å². The van der Waals surface area contributed by atoms with E-state index in [0.717, 1.165) is 0 Å². The summed E-state index contributed by atoms with van der Waals surface area (Å²) in [5, 5.41) is 20.2. The molecule has 0 spiro atoms. The van der Waals surface area contributed by atoms with Crippen molar-refractivity contribution in [3.8, 4) is 0 Å². The van der Waals surface area contributed by atoms with Crippen LogP contribution in [0.15, 0.2) is 36.9 Å². The molecule has 0 saturated carbocycles. The summed E-state index contributed by atoms with van der Waals surface area (Å²) in [7, 11) is 0. The van der Waals surface area contributed by atoms with Gasteiger partial charge in [0, 0.05) is 18.1 Å². The van der Waals surface area contributed by atoms with Gasteiger partial charge in [-0.2, -0.15) is 0 Å². The predicted molar refractivity (Wildman–Crippen MR) is 57.4 cm³/mol. The molecule has 80 valence electrons. The Morgan fingerprint density at radius 3 is 2.40 bits per heavy atom. The molecule has 0 amide bonds. The van der Waals surface area contributed by atoms with Gasteiger partial charge in [-0.05, 0) is 17.7 Å². The minimum absolute atomic E-state index is 0.0252. The predicted octanol–water partition coefficient (Wildman–Crippen LogP) is 2.45. The van der Waals surface area contributed by atoms with E-state index in [1.807, 2.05) is 6.92 Å². The van der Waals surface area contributed by atoms with Gasteiger partial charge in [-0.3, -0.25) is 10.1 Å². The highest BCUT2D eigenvalue weighted by Crippen LogP contribution is 2.24. The lowest BCUT2D eigenvalue weighted by Crippen LogP contribution is -2.06. The number of nitro benzene ring substituents is 1. The smallest absolute Gasteiger partial charge is 0.269 e. The zero-order valence-electron chi connectivity index (χ0n) is 8.46. The van der Waals surface area contributed by atoms with Gasteiger partial charge in [0.2, 0.25) is 0 Å². The van der Waals surface area contributed by atoms with Gasteiger partial charge in [0.1, 0.15) is 0 Å². The molecule has 4 nitrogen and oxygen atoms in total. The van der Waals surface area contributed by atoms with E-state index in [1.54, 1.807) is 18.2 Å². The van der Waals surface area contributed by atoms with Crippen molar-refractivity contribution in [3.63, 3.8) is 0 Å². The molecule has 15 heavy (non-hydrogen) atoms. The number of benzene rings is 1. The fraction of sp³-hybridized carbons (Fsp3) is 0.273. The lowest BCUT2D eigenvalue weighted by atomic mass is 9.97. The summed E-state index contributed by atoms with van der Waals surface area (Å²) in [6.45, 7) is 5.42. The van der Waals surface area contributed by atoms with Crippen LogP contribution < -0.4 is 0 Å². The second kappa shape index (κ2) is 4.70. The third-order valence-electron chi connectivity index (χ3n) is 2.32. The van der Waals surface area contributed by atoms with E-state index in [1.165, 1.54) is 12.1 Å². The monoisotopic (exact) mass is 207 g/mol. The van der Waals surface area contributed by atoms with Crippen molar-refractivity contribution < 1.29 is 10.0 Å².